The highest BCUT2D eigenvalue weighted by Gasteiger charge is 2.21. The van der Waals surface area contributed by atoms with Crippen LogP contribution in [0.4, 0.5) is 5.00 Å². The van der Waals surface area contributed by atoms with Crippen LogP contribution in [0.1, 0.15) is 15.9 Å². The maximum Gasteiger partial charge on any atom is 0.256 e. The number of hydrogen-bond donors (Lipinski definition) is 1. The minimum atomic E-state index is -0.297. The number of amides is 1. The van der Waals surface area contributed by atoms with E-state index in [-0.39, 0.29) is 11.3 Å². The number of benzene rings is 3. The van der Waals surface area contributed by atoms with Crippen molar-refractivity contribution in [3.63, 3.8) is 0 Å². The Labute approximate surface area is 195 Å². The summed E-state index contributed by atoms with van der Waals surface area (Å²) in [6.07, 6.45) is 0. The summed E-state index contributed by atoms with van der Waals surface area (Å²) in [5, 5.41) is 3.96. The van der Waals surface area contributed by atoms with Gasteiger partial charge in [-0.3, -0.25) is 9.59 Å². The third-order valence-corrected chi connectivity index (χ3v) is 6.38. The van der Waals surface area contributed by atoms with Gasteiger partial charge in [0.2, 0.25) is 5.75 Å². The summed E-state index contributed by atoms with van der Waals surface area (Å²) < 4.78 is 17.1. The molecule has 6 nitrogen and oxygen atoms in total. The van der Waals surface area contributed by atoms with Gasteiger partial charge in [-0.15, -0.1) is 11.3 Å². The van der Waals surface area contributed by atoms with E-state index >= 15 is 0 Å². The molecule has 0 saturated heterocycles. The van der Waals surface area contributed by atoms with Gasteiger partial charge in [-0.25, -0.2) is 0 Å². The van der Waals surface area contributed by atoms with Crippen LogP contribution in [0, 0.1) is 6.92 Å². The summed E-state index contributed by atoms with van der Waals surface area (Å²) in [5.74, 6) is 0.959. The average Bonchev–Trinajstić information content (AvgIpc) is 2.83. The van der Waals surface area contributed by atoms with E-state index in [0.717, 1.165) is 10.3 Å². The predicted octanol–water partition coefficient (Wildman–Crippen LogP) is 5.52. The number of fused-ring (bicyclic) bond motifs is 1. The normalized spacial score (nSPS) is 10.7. The van der Waals surface area contributed by atoms with Crippen LogP contribution in [0.2, 0.25) is 0 Å². The van der Waals surface area contributed by atoms with E-state index in [2.05, 4.69) is 5.32 Å². The second kappa shape index (κ2) is 9.34. The smallest absolute Gasteiger partial charge is 0.256 e. The number of aryl methyl sites for hydroxylation is 1. The molecule has 3 aromatic carbocycles. The molecule has 4 aromatic rings. The molecular formula is C26H23NO5S. The van der Waals surface area contributed by atoms with E-state index in [1.165, 1.54) is 32.7 Å². The van der Waals surface area contributed by atoms with Gasteiger partial charge in [0, 0.05) is 15.6 Å². The first-order valence-electron chi connectivity index (χ1n) is 10.2. The van der Waals surface area contributed by atoms with Crippen molar-refractivity contribution in [3.8, 4) is 28.4 Å². The van der Waals surface area contributed by atoms with Crippen molar-refractivity contribution in [3.05, 3.63) is 82.0 Å². The average molecular weight is 462 g/mol. The van der Waals surface area contributed by atoms with Crippen LogP contribution in [0.3, 0.4) is 0 Å². The van der Waals surface area contributed by atoms with Gasteiger partial charge in [0.1, 0.15) is 5.00 Å². The minimum absolute atomic E-state index is 0.196. The Morgan fingerprint density at radius 2 is 1.52 bits per heavy atom. The summed E-state index contributed by atoms with van der Waals surface area (Å²) in [4.78, 5) is 26.6. The lowest BCUT2D eigenvalue weighted by molar-refractivity contribution is 0.102. The maximum atomic E-state index is 13.6. The van der Waals surface area contributed by atoms with E-state index in [1.54, 1.807) is 30.3 Å². The van der Waals surface area contributed by atoms with Gasteiger partial charge in [0.25, 0.3) is 5.91 Å². The molecule has 7 heteroatoms. The Hall–Kier alpha value is -3.84. The van der Waals surface area contributed by atoms with Crippen molar-refractivity contribution in [2.24, 2.45) is 0 Å². The monoisotopic (exact) mass is 461 g/mol. The van der Waals surface area contributed by atoms with Crippen LogP contribution in [0.15, 0.2) is 65.5 Å². The van der Waals surface area contributed by atoms with E-state index < -0.39 is 0 Å². The van der Waals surface area contributed by atoms with Crippen molar-refractivity contribution in [1.82, 2.24) is 0 Å². The topological polar surface area (TPSA) is 73.9 Å². The number of anilines is 1. The van der Waals surface area contributed by atoms with Crippen LogP contribution in [-0.4, -0.2) is 27.2 Å². The van der Waals surface area contributed by atoms with Crippen molar-refractivity contribution in [2.45, 2.75) is 6.92 Å². The number of carbonyl (C=O) groups is 1. The summed E-state index contributed by atoms with van der Waals surface area (Å²) in [5.41, 5.74) is 2.27. The number of rotatable bonds is 6. The van der Waals surface area contributed by atoms with Gasteiger partial charge in [0.15, 0.2) is 16.9 Å². The third kappa shape index (κ3) is 4.27. The van der Waals surface area contributed by atoms with Crippen LogP contribution < -0.4 is 25.0 Å². The summed E-state index contributed by atoms with van der Waals surface area (Å²) in [6, 6.07) is 18.0. The van der Waals surface area contributed by atoms with Gasteiger partial charge in [-0.1, -0.05) is 29.8 Å². The minimum Gasteiger partial charge on any atom is -0.493 e. The zero-order valence-electron chi connectivity index (χ0n) is 18.7. The standard InChI is InChI=1S/C26H23NO5S/c1-15-9-11-16(12-10-15)25(29)27-26-22(23(28)18-7-5-6-8-21(18)33-26)17-13-19(30-2)24(32-4)20(14-17)31-3/h5-14H,1-4H3,(H,27,29). The highest BCUT2D eigenvalue weighted by atomic mass is 32.1. The maximum absolute atomic E-state index is 13.6. The van der Waals surface area contributed by atoms with E-state index in [0.29, 0.717) is 44.3 Å². The molecule has 0 atom stereocenters. The zero-order chi connectivity index (χ0) is 23.5. The van der Waals surface area contributed by atoms with Gasteiger partial charge in [-0.05, 0) is 48.9 Å². The first-order chi connectivity index (χ1) is 16.0. The van der Waals surface area contributed by atoms with Crippen molar-refractivity contribution < 1.29 is 19.0 Å². The molecule has 0 radical (unpaired) electrons. The number of hydrogen-bond acceptors (Lipinski definition) is 6. The summed E-state index contributed by atoms with van der Waals surface area (Å²) in [7, 11) is 4.55. The molecule has 1 amide bonds. The molecule has 0 unspecified atom stereocenters. The largest absolute Gasteiger partial charge is 0.493 e. The molecular weight excluding hydrogens is 438 g/mol. The fourth-order valence-corrected chi connectivity index (χ4v) is 4.69. The highest BCUT2D eigenvalue weighted by Crippen LogP contribution is 2.43. The molecule has 1 N–H and O–H groups in total. The lowest BCUT2D eigenvalue weighted by Crippen LogP contribution is -2.15. The molecule has 33 heavy (non-hydrogen) atoms. The van der Waals surface area contributed by atoms with Crippen LogP contribution in [-0.2, 0) is 0 Å². The Morgan fingerprint density at radius 3 is 2.12 bits per heavy atom. The fraction of sp³-hybridized carbons (Fsp3) is 0.154. The Balaban J connectivity index is 1.94. The second-order valence-electron chi connectivity index (χ2n) is 7.37. The molecule has 0 saturated carbocycles. The van der Waals surface area contributed by atoms with E-state index in [1.807, 2.05) is 37.3 Å². The molecule has 1 heterocycles. The molecule has 168 valence electrons. The SMILES string of the molecule is COc1cc(-c2c(NC(=O)c3ccc(C)cc3)sc3ccccc3c2=O)cc(OC)c1OC. The molecule has 0 spiro atoms. The molecule has 0 aliphatic heterocycles. The lowest BCUT2D eigenvalue weighted by atomic mass is 10.0. The Morgan fingerprint density at radius 1 is 0.879 bits per heavy atom. The van der Waals surface area contributed by atoms with Crippen molar-refractivity contribution >= 4 is 32.3 Å². The number of ether oxygens (including phenoxy) is 3. The molecule has 0 aliphatic carbocycles. The van der Waals surface area contributed by atoms with Crippen LogP contribution >= 0.6 is 11.3 Å². The first-order valence-corrected chi connectivity index (χ1v) is 11.0. The van der Waals surface area contributed by atoms with E-state index in [4.69, 9.17) is 14.2 Å². The number of nitrogens with one attached hydrogen (secondary N) is 1. The van der Waals surface area contributed by atoms with Gasteiger partial charge in [-0.2, -0.15) is 0 Å². The van der Waals surface area contributed by atoms with Crippen LogP contribution in [0.25, 0.3) is 21.2 Å². The van der Waals surface area contributed by atoms with Gasteiger partial charge in [0.05, 0.1) is 26.9 Å². The number of carbonyl (C=O) groups excluding carboxylic acids is 1. The second-order valence-corrected chi connectivity index (χ2v) is 8.42. The zero-order valence-corrected chi connectivity index (χ0v) is 19.5. The fourth-order valence-electron chi connectivity index (χ4n) is 3.60. The quantitative estimate of drug-likeness (QED) is 0.410. The molecule has 0 bridgehead atoms. The predicted molar refractivity (Wildman–Crippen MR) is 132 cm³/mol. The highest BCUT2D eigenvalue weighted by molar-refractivity contribution is 7.22. The van der Waals surface area contributed by atoms with Gasteiger partial charge < -0.3 is 19.5 Å². The molecule has 4 rings (SSSR count). The van der Waals surface area contributed by atoms with Crippen molar-refractivity contribution in [1.29, 1.82) is 0 Å². The molecule has 1 aromatic heterocycles. The molecule has 0 fully saturated rings. The first kappa shape index (κ1) is 22.4. The Bertz CT molecular complexity index is 1370. The Kier molecular flexibility index (Phi) is 6.33. The lowest BCUT2D eigenvalue weighted by Gasteiger charge is -2.16. The van der Waals surface area contributed by atoms with Gasteiger partial charge >= 0.3 is 0 Å². The van der Waals surface area contributed by atoms with E-state index in [9.17, 15) is 9.59 Å². The molecule has 0 aliphatic rings. The number of methoxy groups -OCH3 is 3. The summed E-state index contributed by atoms with van der Waals surface area (Å²) in [6.45, 7) is 1.96. The summed E-state index contributed by atoms with van der Waals surface area (Å²) >= 11 is 1.34. The van der Waals surface area contributed by atoms with Crippen molar-refractivity contribution in [2.75, 3.05) is 26.6 Å². The van der Waals surface area contributed by atoms with Crippen LogP contribution in [0.5, 0.6) is 17.2 Å². The third-order valence-electron chi connectivity index (χ3n) is 5.29.